The summed E-state index contributed by atoms with van der Waals surface area (Å²) in [6, 6.07) is 8.84. The van der Waals surface area contributed by atoms with E-state index in [-0.39, 0.29) is 5.39 Å². The van der Waals surface area contributed by atoms with Crippen molar-refractivity contribution in [1.82, 2.24) is 10.2 Å². The van der Waals surface area contributed by atoms with Gasteiger partial charge in [0.2, 0.25) is 0 Å². The van der Waals surface area contributed by atoms with Crippen molar-refractivity contribution in [3.05, 3.63) is 68.8 Å². The molecule has 1 aromatic heterocycles. The maximum atomic E-state index is 13.8. The lowest BCUT2D eigenvalue weighted by Crippen LogP contribution is -2.35. The number of hydrogen-bond donors (Lipinski definition) is 2. The Hall–Kier alpha value is -2.47. The highest BCUT2D eigenvalue weighted by molar-refractivity contribution is 6.31. The summed E-state index contributed by atoms with van der Waals surface area (Å²) in [7, 11) is 0. The lowest BCUT2D eigenvalue weighted by molar-refractivity contribution is 0.417. The van der Waals surface area contributed by atoms with Crippen LogP contribution in [0.4, 0.5) is 14.5 Å². The van der Waals surface area contributed by atoms with Gasteiger partial charge in [-0.2, -0.15) is 5.10 Å². The van der Waals surface area contributed by atoms with Crippen molar-refractivity contribution in [3.63, 3.8) is 0 Å². The summed E-state index contributed by atoms with van der Waals surface area (Å²) in [5.74, 6) is -1.07. The fraction of sp³-hybridized carbons (Fsp3) is 0.176. The first kappa shape index (κ1) is 15.1. The van der Waals surface area contributed by atoms with Gasteiger partial charge in [-0.3, -0.25) is 4.79 Å². The lowest BCUT2D eigenvalue weighted by Gasteiger charge is -2.33. The average molecular weight is 348 g/mol. The van der Waals surface area contributed by atoms with E-state index < -0.39 is 30.0 Å². The summed E-state index contributed by atoms with van der Waals surface area (Å²) in [6.45, 7) is -0.700. The number of anilines is 1. The van der Waals surface area contributed by atoms with Gasteiger partial charge in [-0.1, -0.05) is 29.8 Å². The molecule has 0 radical (unpaired) electrons. The SMILES string of the molecule is O=c1[nH]nc2c3c(cc(F)cc13)N[C@@H](CF)[C@@H]2c1ccccc1Cl. The number of alkyl halides is 1. The van der Waals surface area contributed by atoms with Crippen molar-refractivity contribution < 1.29 is 8.78 Å². The molecule has 0 aliphatic carbocycles. The molecule has 0 saturated heterocycles. The van der Waals surface area contributed by atoms with Crippen LogP contribution in [0.3, 0.4) is 0 Å². The maximum absolute atomic E-state index is 13.8. The topological polar surface area (TPSA) is 57.8 Å². The number of H-pyrrole nitrogens is 1. The molecule has 2 heterocycles. The largest absolute Gasteiger partial charge is 0.378 e. The Labute approximate surface area is 140 Å². The van der Waals surface area contributed by atoms with Crippen LogP contribution in [0.25, 0.3) is 10.8 Å². The molecule has 0 bridgehead atoms. The molecular weight excluding hydrogens is 336 g/mol. The van der Waals surface area contributed by atoms with E-state index >= 15 is 0 Å². The second-order valence-electron chi connectivity index (χ2n) is 5.72. The van der Waals surface area contributed by atoms with Crippen molar-refractivity contribution in [2.24, 2.45) is 0 Å². The molecule has 0 saturated carbocycles. The van der Waals surface area contributed by atoms with Gasteiger partial charge >= 0.3 is 0 Å². The number of aromatic amines is 1. The molecule has 1 aliphatic rings. The first-order valence-corrected chi connectivity index (χ1v) is 7.76. The minimum absolute atomic E-state index is 0.178. The molecule has 2 N–H and O–H groups in total. The smallest absolute Gasteiger partial charge is 0.272 e. The normalized spacial score (nSPS) is 19.3. The summed E-state index contributed by atoms with van der Waals surface area (Å²) in [5, 5.41) is 10.7. The summed E-state index contributed by atoms with van der Waals surface area (Å²) >= 11 is 6.29. The summed E-state index contributed by atoms with van der Waals surface area (Å²) in [6.07, 6.45) is 0. The van der Waals surface area contributed by atoms with Crippen LogP contribution in [0.15, 0.2) is 41.2 Å². The Morgan fingerprint density at radius 2 is 2.04 bits per heavy atom. The molecule has 24 heavy (non-hydrogen) atoms. The third kappa shape index (κ3) is 2.17. The summed E-state index contributed by atoms with van der Waals surface area (Å²) in [5.41, 5.74) is 1.05. The number of hydrogen-bond acceptors (Lipinski definition) is 3. The van der Waals surface area contributed by atoms with Crippen LogP contribution in [0.2, 0.25) is 5.02 Å². The van der Waals surface area contributed by atoms with Gasteiger partial charge in [0.15, 0.2) is 0 Å². The molecule has 4 rings (SSSR count). The van der Waals surface area contributed by atoms with E-state index in [0.717, 1.165) is 6.07 Å². The Morgan fingerprint density at radius 1 is 1.25 bits per heavy atom. The molecule has 0 unspecified atom stereocenters. The molecule has 1 aliphatic heterocycles. The molecule has 0 fully saturated rings. The van der Waals surface area contributed by atoms with Gasteiger partial charge in [0, 0.05) is 16.1 Å². The maximum Gasteiger partial charge on any atom is 0.272 e. The third-order valence-corrected chi connectivity index (χ3v) is 4.67. The third-order valence-electron chi connectivity index (χ3n) is 4.33. The van der Waals surface area contributed by atoms with E-state index in [0.29, 0.717) is 27.4 Å². The lowest BCUT2D eigenvalue weighted by atomic mass is 9.83. The van der Waals surface area contributed by atoms with Crippen molar-refractivity contribution in [2.45, 2.75) is 12.0 Å². The Morgan fingerprint density at radius 3 is 2.79 bits per heavy atom. The monoisotopic (exact) mass is 347 g/mol. The van der Waals surface area contributed by atoms with E-state index in [1.54, 1.807) is 24.3 Å². The molecule has 122 valence electrons. The molecule has 2 aromatic carbocycles. The van der Waals surface area contributed by atoms with Crippen molar-refractivity contribution >= 4 is 28.1 Å². The highest BCUT2D eigenvalue weighted by Crippen LogP contribution is 2.42. The van der Waals surface area contributed by atoms with Crippen LogP contribution in [-0.2, 0) is 0 Å². The van der Waals surface area contributed by atoms with Crippen LogP contribution in [0.5, 0.6) is 0 Å². The number of benzene rings is 2. The standard InChI is InChI=1S/C17H12ClF2N3O/c18-11-4-2-1-3-9(11)14-13(7-19)21-12-6-8(20)5-10-15(12)16(14)22-23-17(10)24/h1-6,13-14,21H,7H2,(H,23,24)/t13-,14-/m0/s1. The average Bonchev–Trinajstić information content (AvgIpc) is 2.57. The summed E-state index contributed by atoms with van der Waals surface area (Å²) < 4.78 is 27.5. The Bertz CT molecular complexity index is 1000. The number of nitrogens with zero attached hydrogens (tertiary/aromatic N) is 1. The molecule has 0 spiro atoms. The second kappa shape index (κ2) is 5.56. The Balaban J connectivity index is 2.07. The van der Waals surface area contributed by atoms with Gasteiger partial charge < -0.3 is 5.32 Å². The molecule has 7 heteroatoms. The molecule has 0 amide bonds. The van der Waals surface area contributed by atoms with Crippen LogP contribution < -0.4 is 10.9 Å². The predicted octanol–water partition coefficient (Wildman–Crippen LogP) is 3.61. The van der Waals surface area contributed by atoms with E-state index in [2.05, 4.69) is 15.5 Å². The highest BCUT2D eigenvalue weighted by atomic mass is 35.5. The Kier molecular flexibility index (Phi) is 3.49. The predicted molar refractivity (Wildman–Crippen MR) is 89.0 cm³/mol. The van der Waals surface area contributed by atoms with Crippen molar-refractivity contribution in [2.75, 3.05) is 12.0 Å². The van der Waals surface area contributed by atoms with Crippen molar-refractivity contribution in [3.8, 4) is 0 Å². The zero-order valence-corrected chi connectivity index (χ0v) is 13.1. The molecule has 4 nitrogen and oxygen atoms in total. The minimum Gasteiger partial charge on any atom is -0.378 e. The molecular formula is C17H12ClF2N3O. The first-order chi connectivity index (χ1) is 11.6. The zero-order chi connectivity index (χ0) is 16.8. The van der Waals surface area contributed by atoms with Gasteiger partial charge in [-0.25, -0.2) is 13.9 Å². The summed E-state index contributed by atoms with van der Waals surface area (Å²) in [4.78, 5) is 12.0. The first-order valence-electron chi connectivity index (χ1n) is 7.39. The van der Waals surface area contributed by atoms with E-state index in [4.69, 9.17) is 11.6 Å². The van der Waals surface area contributed by atoms with Crippen LogP contribution in [0.1, 0.15) is 17.2 Å². The van der Waals surface area contributed by atoms with Crippen LogP contribution in [0, 0.1) is 5.82 Å². The van der Waals surface area contributed by atoms with Crippen LogP contribution in [-0.4, -0.2) is 22.9 Å². The fourth-order valence-electron chi connectivity index (χ4n) is 3.32. The highest BCUT2D eigenvalue weighted by Gasteiger charge is 2.35. The van der Waals surface area contributed by atoms with E-state index in [1.807, 2.05) is 0 Å². The van der Waals surface area contributed by atoms with E-state index in [1.165, 1.54) is 6.07 Å². The number of aromatic nitrogens is 2. The van der Waals surface area contributed by atoms with Gasteiger partial charge in [0.25, 0.3) is 5.56 Å². The second-order valence-corrected chi connectivity index (χ2v) is 6.13. The van der Waals surface area contributed by atoms with Gasteiger partial charge in [0.1, 0.15) is 12.5 Å². The number of rotatable bonds is 2. The van der Waals surface area contributed by atoms with E-state index in [9.17, 15) is 13.6 Å². The molecule has 2 atom stereocenters. The quantitative estimate of drug-likeness (QED) is 0.744. The van der Waals surface area contributed by atoms with Gasteiger partial charge in [-0.15, -0.1) is 0 Å². The fourth-order valence-corrected chi connectivity index (χ4v) is 3.57. The van der Waals surface area contributed by atoms with Gasteiger partial charge in [-0.05, 0) is 23.8 Å². The molecule has 3 aromatic rings. The van der Waals surface area contributed by atoms with Gasteiger partial charge in [0.05, 0.1) is 23.0 Å². The number of halogens is 3. The van der Waals surface area contributed by atoms with Crippen LogP contribution >= 0.6 is 11.6 Å². The minimum atomic E-state index is -0.700. The number of nitrogens with one attached hydrogen (secondary N) is 2. The van der Waals surface area contributed by atoms with Crippen molar-refractivity contribution in [1.29, 1.82) is 0 Å². The zero-order valence-electron chi connectivity index (χ0n) is 12.3.